The van der Waals surface area contributed by atoms with E-state index in [1.807, 2.05) is 30.3 Å². The monoisotopic (exact) mass is 402 g/mol. The Balaban J connectivity index is 1.54. The molecule has 3 aromatic carbocycles. The van der Waals surface area contributed by atoms with Crippen LogP contribution >= 0.6 is 0 Å². The first-order valence-electron chi connectivity index (χ1n) is 9.43. The van der Waals surface area contributed by atoms with Crippen LogP contribution in [0.15, 0.2) is 78.9 Å². The van der Waals surface area contributed by atoms with Crippen molar-refractivity contribution in [2.45, 2.75) is 13.1 Å². The Kier molecular flexibility index (Phi) is 5.52. The molecule has 6 nitrogen and oxygen atoms in total. The van der Waals surface area contributed by atoms with Gasteiger partial charge in [0.2, 0.25) is 5.91 Å². The maximum atomic E-state index is 13.4. The minimum absolute atomic E-state index is 0.0203. The summed E-state index contributed by atoms with van der Waals surface area (Å²) in [6, 6.07) is 22.0. The summed E-state index contributed by atoms with van der Waals surface area (Å²) in [5.74, 6) is -0.419. The van der Waals surface area contributed by atoms with Crippen molar-refractivity contribution in [3.05, 3.63) is 96.1 Å². The fourth-order valence-corrected chi connectivity index (χ4v) is 3.20. The molecule has 1 heterocycles. The standard InChI is InChI=1S/C23H19FN4O2/c24-17-9-6-10-18(13-17)26-22(29)15-28-20-12-5-4-11-19(20)27-21(28)14-25-23(30)16-7-2-1-3-8-16/h1-13H,14-15H2,(H,25,30)(H,26,29). The molecule has 4 rings (SSSR count). The van der Waals surface area contributed by atoms with Crippen LogP contribution < -0.4 is 10.6 Å². The zero-order chi connectivity index (χ0) is 20.9. The van der Waals surface area contributed by atoms with Gasteiger partial charge in [-0.3, -0.25) is 9.59 Å². The number of halogens is 1. The van der Waals surface area contributed by atoms with Crippen LogP contribution in [0.5, 0.6) is 0 Å². The minimum atomic E-state index is -0.426. The Labute approximate surface area is 172 Å². The zero-order valence-corrected chi connectivity index (χ0v) is 16.0. The van der Waals surface area contributed by atoms with Crippen molar-refractivity contribution >= 4 is 28.5 Å². The molecule has 0 saturated carbocycles. The van der Waals surface area contributed by atoms with Crippen LogP contribution in [0.4, 0.5) is 10.1 Å². The fraction of sp³-hybridized carbons (Fsp3) is 0.0870. The van der Waals surface area contributed by atoms with Gasteiger partial charge in [0.1, 0.15) is 18.2 Å². The van der Waals surface area contributed by atoms with E-state index in [2.05, 4.69) is 15.6 Å². The number of nitrogens with one attached hydrogen (secondary N) is 2. The number of nitrogens with zero attached hydrogens (tertiary/aromatic N) is 2. The first-order valence-corrected chi connectivity index (χ1v) is 9.43. The Morgan fingerprint density at radius 1 is 0.933 bits per heavy atom. The Morgan fingerprint density at radius 2 is 1.70 bits per heavy atom. The highest BCUT2D eigenvalue weighted by molar-refractivity contribution is 5.94. The Hall–Kier alpha value is -4.00. The maximum Gasteiger partial charge on any atom is 0.251 e. The van der Waals surface area contributed by atoms with E-state index >= 15 is 0 Å². The first-order chi connectivity index (χ1) is 14.6. The van der Waals surface area contributed by atoms with Crippen LogP contribution in [-0.2, 0) is 17.9 Å². The van der Waals surface area contributed by atoms with E-state index < -0.39 is 5.82 Å². The molecule has 1 aromatic heterocycles. The predicted octanol–water partition coefficient (Wildman–Crippen LogP) is 3.74. The van der Waals surface area contributed by atoms with E-state index in [1.165, 1.54) is 18.2 Å². The van der Waals surface area contributed by atoms with Gasteiger partial charge in [0.05, 0.1) is 17.6 Å². The number of carbonyl (C=O) groups excluding carboxylic acids is 2. The van der Waals surface area contributed by atoms with Gasteiger partial charge in [-0.25, -0.2) is 9.37 Å². The highest BCUT2D eigenvalue weighted by atomic mass is 19.1. The van der Waals surface area contributed by atoms with Crippen molar-refractivity contribution in [3.63, 3.8) is 0 Å². The molecular weight excluding hydrogens is 383 g/mol. The minimum Gasteiger partial charge on any atom is -0.345 e. The van der Waals surface area contributed by atoms with E-state index in [-0.39, 0.29) is 24.9 Å². The third kappa shape index (κ3) is 4.35. The number of anilines is 1. The molecule has 0 fully saturated rings. The second-order valence-electron chi connectivity index (χ2n) is 6.71. The summed E-state index contributed by atoms with van der Waals surface area (Å²) >= 11 is 0. The van der Waals surface area contributed by atoms with E-state index in [0.29, 0.717) is 17.1 Å². The highest BCUT2D eigenvalue weighted by Crippen LogP contribution is 2.17. The van der Waals surface area contributed by atoms with E-state index in [9.17, 15) is 14.0 Å². The predicted molar refractivity (Wildman–Crippen MR) is 112 cm³/mol. The zero-order valence-electron chi connectivity index (χ0n) is 16.0. The normalized spacial score (nSPS) is 10.7. The van der Waals surface area contributed by atoms with Crippen molar-refractivity contribution < 1.29 is 14.0 Å². The lowest BCUT2D eigenvalue weighted by atomic mass is 10.2. The van der Waals surface area contributed by atoms with Gasteiger partial charge in [0, 0.05) is 11.3 Å². The summed E-state index contributed by atoms with van der Waals surface area (Å²) in [6.07, 6.45) is 0. The van der Waals surface area contributed by atoms with E-state index in [0.717, 1.165) is 11.0 Å². The first kappa shape index (κ1) is 19.3. The van der Waals surface area contributed by atoms with Gasteiger partial charge in [-0.15, -0.1) is 0 Å². The lowest BCUT2D eigenvalue weighted by molar-refractivity contribution is -0.116. The number of para-hydroxylation sites is 2. The summed E-state index contributed by atoms with van der Waals surface area (Å²) in [7, 11) is 0. The molecule has 0 aliphatic carbocycles. The highest BCUT2D eigenvalue weighted by Gasteiger charge is 2.15. The molecule has 150 valence electrons. The number of hydrogen-bond donors (Lipinski definition) is 2. The number of amides is 2. The molecule has 4 aromatic rings. The SMILES string of the molecule is O=C(Cn1c(CNC(=O)c2ccccc2)nc2ccccc21)Nc1cccc(F)c1. The van der Waals surface area contributed by atoms with Crippen molar-refractivity contribution in [2.24, 2.45) is 0 Å². The van der Waals surface area contributed by atoms with Crippen LogP contribution in [0, 0.1) is 5.82 Å². The molecule has 0 atom stereocenters. The lowest BCUT2D eigenvalue weighted by Crippen LogP contribution is -2.26. The van der Waals surface area contributed by atoms with Crippen LogP contribution in [0.3, 0.4) is 0 Å². The summed E-state index contributed by atoms with van der Waals surface area (Å²) < 4.78 is 15.1. The number of aromatic nitrogens is 2. The van der Waals surface area contributed by atoms with Crippen molar-refractivity contribution in [1.29, 1.82) is 0 Å². The van der Waals surface area contributed by atoms with Crippen molar-refractivity contribution in [2.75, 3.05) is 5.32 Å². The molecule has 0 radical (unpaired) electrons. The van der Waals surface area contributed by atoms with E-state index in [4.69, 9.17) is 0 Å². The molecule has 0 bridgehead atoms. The average molecular weight is 402 g/mol. The molecule has 2 amide bonds. The summed E-state index contributed by atoms with van der Waals surface area (Å²) in [5, 5.41) is 5.53. The number of rotatable bonds is 6. The van der Waals surface area contributed by atoms with Gasteiger partial charge in [-0.2, -0.15) is 0 Å². The molecule has 0 unspecified atom stereocenters. The number of benzene rings is 3. The quantitative estimate of drug-likeness (QED) is 0.516. The summed E-state index contributed by atoms with van der Waals surface area (Å²) in [5.41, 5.74) is 2.42. The van der Waals surface area contributed by atoms with Gasteiger partial charge in [-0.1, -0.05) is 36.4 Å². The molecule has 0 aliphatic heterocycles. The van der Waals surface area contributed by atoms with Crippen LogP contribution in [0.1, 0.15) is 16.2 Å². The third-order valence-corrected chi connectivity index (χ3v) is 4.59. The largest absolute Gasteiger partial charge is 0.345 e. The topological polar surface area (TPSA) is 76.0 Å². The number of fused-ring (bicyclic) bond motifs is 1. The van der Waals surface area contributed by atoms with Crippen LogP contribution in [0.25, 0.3) is 11.0 Å². The van der Waals surface area contributed by atoms with Gasteiger partial charge in [-0.05, 0) is 42.5 Å². The second-order valence-corrected chi connectivity index (χ2v) is 6.71. The molecule has 7 heteroatoms. The summed E-state index contributed by atoms with van der Waals surface area (Å²) in [6.45, 7) is 0.142. The Bertz CT molecular complexity index is 1200. The molecule has 30 heavy (non-hydrogen) atoms. The molecule has 0 aliphatic rings. The van der Waals surface area contributed by atoms with Crippen LogP contribution in [-0.4, -0.2) is 21.4 Å². The molecule has 0 saturated heterocycles. The molecule has 0 spiro atoms. The van der Waals surface area contributed by atoms with Gasteiger partial charge >= 0.3 is 0 Å². The molecule has 2 N–H and O–H groups in total. The summed E-state index contributed by atoms with van der Waals surface area (Å²) in [4.78, 5) is 29.5. The number of hydrogen-bond acceptors (Lipinski definition) is 3. The maximum absolute atomic E-state index is 13.4. The van der Waals surface area contributed by atoms with Crippen LogP contribution in [0.2, 0.25) is 0 Å². The van der Waals surface area contributed by atoms with Gasteiger partial charge in [0.15, 0.2) is 0 Å². The van der Waals surface area contributed by atoms with E-state index in [1.54, 1.807) is 34.9 Å². The third-order valence-electron chi connectivity index (χ3n) is 4.59. The number of carbonyl (C=O) groups is 2. The van der Waals surface area contributed by atoms with Gasteiger partial charge in [0.25, 0.3) is 5.91 Å². The smallest absolute Gasteiger partial charge is 0.251 e. The average Bonchev–Trinajstić information content (AvgIpc) is 3.10. The number of imidazole rings is 1. The second kappa shape index (κ2) is 8.57. The van der Waals surface area contributed by atoms with Gasteiger partial charge < -0.3 is 15.2 Å². The fourth-order valence-electron chi connectivity index (χ4n) is 3.20. The van der Waals surface area contributed by atoms with Crippen molar-refractivity contribution in [3.8, 4) is 0 Å². The lowest BCUT2D eigenvalue weighted by Gasteiger charge is -2.11. The Morgan fingerprint density at radius 3 is 2.50 bits per heavy atom. The molecular formula is C23H19FN4O2. The van der Waals surface area contributed by atoms with Crippen molar-refractivity contribution in [1.82, 2.24) is 14.9 Å².